The van der Waals surface area contributed by atoms with E-state index in [1.807, 2.05) is 13.0 Å². The van der Waals surface area contributed by atoms with Crippen LogP contribution in [0.1, 0.15) is 60.8 Å². The van der Waals surface area contributed by atoms with E-state index in [2.05, 4.69) is 54.3 Å². The number of Topliss-reactive ketones (excluding diaryl/α,β-unsaturated/α-hetero) is 1. The van der Waals surface area contributed by atoms with Gasteiger partial charge in [-0.2, -0.15) is 0 Å². The van der Waals surface area contributed by atoms with Gasteiger partial charge in [0.1, 0.15) is 5.78 Å². The van der Waals surface area contributed by atoms with Gasteiger partial charge in [0.15, 0.2) is 8.32 Å². The lowest BCUT2D eigenvalue weighted by molar-refractivity contribution is -0.156. The van der Waals surface area contributed by atoms with Crippen LogP contribution in [0.15, 0.2) is 12.7 Å². The van der Waals surface area contributed by atoms with Gasteiger partial charge in [-0.05, 0) is 24.6 Å². The molecule has 23 heavy (non-hydrogen) atoms. The van der Waals surface area contributed by atoms with Crippen LogP contribution in [0.2, 0.25) is 18.1 Å². The quantitative estimate of drug-likeness (QED) is 0.497. The molecule has 0 bridgehead atoms. The zero-order valence-corrected chi connectivity index (χ0v) is 17.4. The Balaban J connectivity index is 3.00. The van der Waals surface area contributed by atoms with Gasteiger partial charge in [-0.3, -0.25) is 4.79 Å². The summed E-state index contributed by atoms with van der Waals surface area (Å²) in [5.74, 6) is 0.253. The van der Waals surface area contributed by atoms with Crippen molar-refractivity contribution < 1.29 is 14.0 Å². The molecule has 0 aromatic heterocycles. The molecule has 3 atom stereocenters. The van der Waals surface area contributed by atoms with Crippen molar-refractivity contribution in [2.45, 2.75) is 97.2 Å². The number of hydrogen-bond donors (Lipinski definition) is 0. The van der Waals surface area contributed by atoms with Gasteiger partial charge in [-0.25, -0.2) is 0 Å². The van der Waals surface area contributed by atoms with Gasteiger partial charge in [0.2, 0.25) is 0 Å². The number of carbonyl (C=O) groups excluding carboxylic acids is 1. The number of hydrogen-bond acceptors (Lipinski definition) is 3. The molecule has 0 N–H and O–H groups in total. The number of rotatable bonds is 6. The van der Waals surface area contributed by atoms with Crippen LogP contribution in [0.5, 0.6) is 0 Å². The maximum atomic E-state index is 11.8. The van der Waals surface area contributed by atoms with Gasteiger partial charge in [-0.15, -0.1) is 6.58 Å². The third-order valence-electron chi connectivity index (χ3n) is 5.69. The highest BCUT2D eigenvalue weighted by molar-refractivity contribution is 6.74. The Labute approximate surface area is 144 Å². The summed E-state index contributed by atoms with van der Waals surface area (Å²) in [7, 11) is -1.88. The predicted octanol–water partition coefficient (Wildman–Crippen LogP) is 5.12. The van der Waals surface area contributed by atoms with Crippen molar-refractivity contribution in [3.8, 4) is 0 Å². The SMILES string of the molecule is C=C[C@@H]1O[C@H](CC(=O)CC)C[C@H](O[Si](C)(C)C(C)(C)C)C1(C)C. The third kappa shape index (κ3) is 4.77. The van der Waals surface area contributed by atoms with E-state index < -0.39 is 8.32 Å². The Hall–Kier alpha value is -0.453. The summed E-state index contributed by atoms with van der Waals surface area (Å²) in [5.41, 5.74) is -0.136. The minimum Gasteiger partial charge on any atom is -0.413 e. The first-order valence-electron chi connectivity index (χ1n) is 8.82. The molecule has 1 rings (SSSR count). The zero-order chi connectivity index (χ0) is 18.1. The van der Waals surface area contributed by atoms with Crippen LogP contribution in [0.25, 0.3) is 0 Å². The van der Waals surface area contributed by atoms with Crippen LogP contribution in [0.3, 0.4) is 0 Å². The van der Waals surface area contributed by atoms with Gasteiger partial charge in [0.25, 0.3) is 0 Å². The summed E-state index contributed by atoms with van der Waals surface area (Å²) in [6, 6.07) is 0. The van der Waals surface area contributed by atoms with Crippen LogP contribution in [-0.2, 0) is 14.0 Å². The highest BCUT2D eigenvalue weighted by Crippen LogP contribution is 2.45. The van der Waals surface area contributed by atoms with E-state index in [-0.39, 0.29) is 34.5 Å². The Bertz CT molecular complexity index is 434. The largest absolute Gasteiger partial charge is 0.413 e. The molecule has 1 saturated heterocycles. The van der Waals surface area contributed by atoms with Gasteiger partial charge in [0.05, 0.1) is 18.3 Å². The van der Waals surface area contributed by atoms with E-state index in [4.69, 9.17) is 9.16 Å². The highest BCUT2D eigenvalue weighted by atomic mass is 28.4. The van der Waals surface area contributed by atoms with Crippen molar-refractivity contribution in [2.24, 2.45) is 5.41 Å². The molecule has 0 aromatic carbocycles. The second-order valence-corrected chi connectivity index (χ2v) is 13.7. The smallest absolute Gasteiger partial charge is 0.192 e. The first-order chi connectivity index (χ1) is 10.3. The predicted molar refractivity (Wildman–Crippen MR) is 99.2 cm³/mol. The van der Waals surface area contributed by atoms with Crippen LogP contribution >= 0.6 is 0 Å². The first-order valence-corrected chi connectivity index (χ1v) is 11.7. The Morgan fingerprint density at radius 3 is 2.39 bits per heavy atom. The first kappa shape index (κ1) is 20.6. The lowest BCUT2D eigenvalue weighted by Gasteiger charge is -2.51. The third-order valence-corrected chi connectivity index (χ3v) is 10.2. The molecule has 0 unspecified atom stereocenters. The topological polar surface area (TPSA) is 35.5 Å². The van der Waals surface area contributed by atoms with Crippen molar-refractivity contribution in [1.82, 2.24) is 0 Å². The molecular formula is C19H36O3Si. The molecule has 0 spiro atoms. The summed E-state index contributed by atoms with van der Waals surface area (Å²) in [6.07, 6.45) is 3.65. The fraction of sp³-hybridized carbons (Fsp3) is 0.842. The molecule has 4 heteroatoms. The summed E-state index contributed by atoms with van der Waals surface area (Å²) in [5, 5.41) is 0.166. The van der Waals surface area contributed by atoms with E-state index in [1.165, 1.54) is 0 Å². The van der Waals surface area contributed by atoms with Crippen molar-refractivity contribution in [3.05, 3.63) is 12.7 Å². The summed E-state index contributed by atoms with van der Waals surface area (Å²) in [4.78, 5) is 11.8. The molecule has 3 nitrogen and oxygen atoms in total. The van der Waals surface area contributed by atoms with Crippen LogP contribution in [0, 0.1) is 5.41 Å². The second-order valence-electron chi connectivity index (χ2n) is 8.93. The van der Waals surface area contributed by atoms with E-state index >= 15 is 0 Å². The maximum Gasteiger partial charge on any atom is 0.192 e. The second kappa shape index (κ2) is 7.20. The summed E-state index contributed by atoms with van der Waals surface area (Å²) >= 11 is 0. The molecule has 1 aliphatic rings. The van der Waals surface area contributed by atoms with E-state index in [0.29, 0.717) is 12.8 Å². The van der Waals surface area contributed by atoms with Crippen LogP contribution in [-0.4, -0.2) is 32.4 Å². The lowest BCUT2D eigenvalue weighted by Crippen LogP contribution is -2.56. The monoisotopic (exact) mass is 340 g/mol. The van der Waals surface area contributed by atoms with E-state index in [1.54, 1.807) is 0 Å². The van der Waals surface area contributed by atoms with Crippen molar-refractivity contribution in [3.63, 3.8) is 0 Å². The molecular weight excluding hydrogens is 304 g/mol. The molecule has 0 aromatic rings. The molecule has 0 saturated carbocycles. The average Bonchev–Trinajstić information content (AvgIpc) is 2.40. The summed E-state index contributed by atoms with van der Waals surface area (Å²) < 4.78 is 12.9. The minimum atomic E-state index is -1.88. The number of ketones is 1. The molecule has 0 aliphatic carbocycles. The fourth-order valence-corrected chi connectivity index (χ4v) is 4.25. The molecule has 1 heterocycles. The normalized spacial score (nSPS) is 28.4. The standard InChI is InChI=1S/C19H36O3Si/c1-10-14(20)12-15-13-17(19(6,7)16(11-2)21-15)22-23(8,9)18(3,4)5/h11,15-17H,2,10,12-13H2,1,3-9H3/t15-,16+,17+/m1/s1. The van der Waals surface area contributed by atoms with Gasteiger partial charge >= 0.3 is 0 Å². The van der Waals surface area contributed by atoms with Gasteiger partial charge in [0, 0.05) is 18.3 Å². The number of carbonyl (C=O) groups is 1. The average molecular weight is 341 g/mol. The Kier molecular flexibility index (Phi) is 6.45. The molecule has 1 aliphatic heterocycles. The van der Waals surface area contributed by atoms with E-state index in [9.17, 15) is 4.79 Å². The summed E-state index contributed by atoms with van der Waals surface area (Å²) in [6.45, 7) is 21.6. The zero-order valence-electron chi connectivity index (χ0n) is 16.4. The molecule has 0 amide bonds. The fourth-order valence-electron chi connectivity index (χ4n) is 2.79. The lowest BCUT2D eigenvalue weighted by atomic mass is 9.75. The highest BCUT2D eigenvalue weighted by Gasteiger charge is 2.49. The van der Waals surface area contributed by atoms with Crippen molar-refractivity contribution >= 4 is 14.1 Å². The van der Waals surface area contributed by atoms with Crippen molar-refractivity contribution in [2.75, 3.05) is 0 Å². The van der Waals surface area contributed by atoms with Crippen LogP contribution < -0.4 is 0 Å². The Morgan fingerprint density at radius 1 is 1.39 bits per heavy atom. The van der Waals surface area contributed by atoms with E-state index in [0.717, 1.165) is 6.42 Å². The van der Waals surface area contributed by atoms with Gasteiger partial charge < -0.3 is 9.16 Å². The van der Waals surface area contributed by atoms with Crippen molar-refractivity contribution in [1.29, 1.82) is 0 Å². The minimum absolute atomic E-state index is 0.0618. The maximum absolute atomic E-state index is 11.8. The Morgan fingerprint density at radius 2 is 1.96 bits per heavy atom. The van der Waals surface area contributed by atoms with Gasteiger partial charge in [-0.1, -0.05) is 47.6 Å². The molecule has 134 valence electrons. The molecule has 1 fully saturated rings. The van der Waals surface area contributed by atoms with Crippen LogP contribution in [0.4, 0.5) is 0 Å². The number of ether oxygens (including phenoxy) is 1. The molecule has 0 radical (unpaired) electrons.